The zero-order valence-electron chi connectivity index (χ0n) is 8.53. The molecule has 1 fully saturated rings. The lowest BCUT2D eigenvalue weighted by Gasteiger charge is -2.30. The maximum atomic E-state index is 5.66. The van der Waals surface area contributed by atoms with Crippen LogP contribution in [0, 0.1) is 11.3 Å². The Balaban J connectivity index is 2.46. The van der Waals surface area contributed by atoms with E-state index in [0.717, 1.165) is 6.54 Å². The molecule has 0 amide bonds. The molecule has 0 unspecified atom stereocenters. The van der Waals surface area contributed by atoms with E-state index in [1.165, 1.54) is 38.5 Å². The van der Waals surface area contributed by atoms with Gasteiger partial charge in [0.2, 0.25) is 0 Å². The Hall–Kier alpha value is -0.0400. The van der Waals surface area contributed by atoms with Gasteiger partial charge in [-0.05, 0) is 43.6 Å². The maximum Gasteiger partial charge on any atom is -0.00720 e. The van der Waals surface area contributed by atoms with Crippen LogP contribution >= 0.6 is 0 Å². The summed E-state index contributed by atoms with van der Waals surface area (Å²) >= 11 is 0. The molecule has 0 saturated heterocycles. The van der Waals surface area contributed by atoms with Gasteiger partial charge in [0.1, 0.15) is 0 Å². The average molecular weight is 168 g/mol. The molecule has 1 nitrogen and oxygen atoms in total. The second-order valence-electron chi connectivity index (χ2n) is 4.63. The summed E-state index contributed by atoms with van der Waals surface area (Å²) in [6, 6.07) is 0. The van der Waals surface area contributed by atoms with E-state index in [2.05, 4.69) is 13.8 Å². The fraction of sp³-hybridized carbons (Fsp3) is 0.909. The van der Waals surface area contributed by atoms with Gasteiger partial charge in [-0.1, -0.05) is 26.7 Å². The largest absolute Gasteiger partial charge is 0.330 e. The van der Waals surface area contributed by atoms with Crippen LogP contribution in [0.25, 0.3) is 0 Å². The summed E-state index contributed by atoms with van der Waals surface area (Å²) < 4.78 is 0. The van der Waals surface area contributed by atoms with E-state index in [1.807, 2.05) is 0 Å². The zero-order valence-corrected chi connectivity index (χ0v) is 8.53. The van der Waals surface area contributed by atoms with Crippen LogP contribution in [-0.2, 0) is 0 Å². The fourth-order valence-electron chi connectivity index (χ4n) is 2.70. The van der Waals surface area contributed by atoms with Gasteiger partial charge in [0.05, 0.1) is 0 Å². The molecule has 0 bridgehead atoms. The van der Waals surface area contributed by atoms with Crippen molar-refractivity contribution in [3.05, 3.63) is 5.92 Å². The summed E-state index contributed by atoms with van der Waals surface area (Å²) in [4.78, 5) is 0. The van der Waals surface area contributed by atoms with E-state index in [0.29, 0.717) is 5.41 Å². The van der Waals surface area contributed by atoms with Crippen LogP contribution in [0.2, 0.25) is 0 Å². The van der Waals surface area contributed by atoms with Gasteiger partial charge in [0.25, 0.3) is 0 Å². The molecule has 0 aromatic carbocycles. The minimum atomic E-state index is 0.605. The Morgan fingerprint density at radius 2 is 1.83 bits per heavy atom. The van der Waals surface area contributed by atoms with Crippen LogP contribution in [0.15, 0.2) is 0 Å². The van der Waals surface area contributed by atoms with Crippen molar-refractivity contribution in [2.24, 2.45) is 11.1 Å². The molecule has 71 valence electrons. The van der Waals surface area contributed by atoms with Crippen LogP contribution in [-0.4, -0.2) is 6.54 Å². The molecule has 0 aromatic rings. The lowest BCUT2D eigenvalue weighted by atomic mass is 9.76. The van der Waals surface area contributed by atoms with Crippen molar-refractivity contribution in [3.8, 4) is 0 Å². The average Bonchev–Trinajstić information content (AvgIpc) is 2.36. The number of rotatable bonds is 4. The topological polar surface area (TPSA) is 26.0 Å². The van der Waals surface area contributed by atoms with Gasteiger partial charge >= 0.3 is 0 Å². The van der Waals surface area contributed by atoms with Crippen molar-refractivity contribution < 1.29 is 0 Å². The van der Waals surface area contributed by atoms with Crippen molar-refractivity contribution in [1.82, 2.24) is 0 Å². The lowest BCUT2D eigenvalue weighted by molar-refractivity contribution is 0.261. The predicted molar refractivity (Wildman–Crippen MR) is 53.8 cm³/mol. The number of hydrogen-bond acceptors (Lipinski definition) is 1. The van der Waals surface area contributed by atoms with Gasteiger partial charge in [-0.15, -0.1) is 0 Å². The molecule has 1 aliphatic carbocycles. The second kappa shape index (κ2) is 4.27. The van der Waals surface area contributed by atoms with Crippen LogP contribution in [0.4, 0.5) is 0 Å². The summed E-state index contributed by atoms with van der Waals surface area (Å²) in [7, 11) is 0. The molecular formula is C11H22N. The minimum Gasteiger partial charge on any atom is -0.330 e. The normalized spacial score (nSPS) is 22.0. The number of nitrogens with two attached hydrogens (primary N) is 1. The Labute approximate surface area is 76.7 Å². The molecule has 1 rings (SSSR count). The molecule has 12 heavy (non-hydrogen) atoms. The maximum absolute atomic E-state index is 5.66. The van der Waals surface area contributed by atoms with E-state index >= 15 is 0 Å². The van der Waals surface area contributed by atoms with Gasteiger partial charge in [-0.3, -0.25) is 0 Å². The van der Waals surface area contributed by atoms with Crippen molar-refractivity contribution in [2.75, 3.05) is 6.54 Å². The molecule has 0 spiro atoms. The predicted octanol–water partition coefficient (Wildman–Crippen LogP) is 2.90. The van der Waals surface area contributed by atoms with Gasteiger partial charge in [0.15, 0.2) is 0 Å². The molecule has 0 aliphatic heterocycles. The molecule has 0 aromatic heterocycles. The van der Waals surface area contributed by atoms with Gasteiger partial charge in [-0.25, -0.2) is 0 Å². The molecule has 1 radical (unpaired) electrons. The summed E-state index contributed by atoms with van der Waals surface area (Å²) in [5.41, 5.74) is 6.26. The first-order chi connectivity index (χ1) is 5.68. The van der Waals surface area contributed by atoms with Crippen molar-refractivity contribution in [2.45, 2.75) is 52.4 Å². The first kappa shape index (κ1) is 10.0. The smallest absolute Gasteiger partial charge is 0.00720 e. The third-order valence-corrected chi connectivity index (χ3v) is 3.07. The van der Waals surface area contributed by atoms with Crippen LogP contribution in [0.3, 0.4) is 0 Å². The fourth-order valence-corrected chi connectivity index (χ4v) is 2.70. The summed E-state index contributed by atoms with van der Waals surface area (Å²) in [5.74, 6) is 1.57. The Kier molecular flexibility index (Phi) is 3.57. The standard InChI is InChI=1S/C11H22N/c1-10(2)9-11(7-8-12)5-3-4-6-11/h3-9,12H2,1-2H3. The highest BCUT2D eigenvalue weighted by atomic mass is 14.5. The van der Waals surface area contributed by atoms with Crippen molar-refractivity contribution in [1.29, 1.82) is 0 Å². The van der Waals surface area contributed by atoms with E-state index < -0.39 is 0 Å². The van der Waals surface area contributed by atoms with Crippen molar-refractivity contribution >= 4 is 0 Å². The van der Waals surface area contributed by atoms with Crippen LogP contribution in [0.1, 0.15) is 52.4 Å². The molecule has 1 saturated carbocycles. The Morgan fingerprint density at radius 1 is 1.25 bits per heavy atom. The SMILES string of the molecule is C[C](C)CC1(CCN)CCCC1. The van der Waals surface area contributed by atoms with E-state index in [9.17, 15) is 0 Å². The van der Waals surface area contributed by atoms with Gasteiger partial charge < -0.3 is 5.73 Å². The molecular weight excluding hydrogens is 146 g/mol. The van der Waals surface area contributed by atoms with Crippen molar-refractivity contribution in [3.63, 3.8) is 0 Å². The highest BCUT2D eigenvalue weighted by Gasteiger charge is 2.33. The Bertz CT molecular complexity index is 123. The highest BCUT2D eigenvalue weighted by molar-refractivity contribution is 4.93. The monoisotopic (exact) mass is 168 g/mol. The van der Waals surface area contributed by atoms with E-state index in [-0.39, 0.29) is 0 Å². The molecule has 2 N–H and O–H groups in total. The van der Waals surface area contributed by atoms with Gasteiger partial charge in [0, 0.05) is 0 Å². The molecule has 1 heteroatoms. The molecule has 0 heterocycles. The minimum absolute atomic E-state index is 0.605. The third-order valence-electron chi connectivity index (χ3n) is 3.07. The second-order valence-corrected chi connectivity index (χ2v) is 4.63. The van der Waals surface area contributed by atoms with Gasteiger partial charge in [-0.2, -0.15) is 0 Å². The van der Waals surface area contributed by atoms with E-state index in [1.54, 1.807) is 5.92 Å². The van der Waals surface area contributed by atoms with E-state index in [4.69, 9.17) is 5.73 Å². The first-order valence-electron chi connectivity index (χ1n) is 5.18. The Morgan fingerprint density at radius 3 is 2.25 bits per heavy atom. The van der Waals surface area contributed by atoms with Crippen LogP contribution < -0.4 is 5.73 Å². The third kappa shape index (κ3) is 2.48. The lowest BCUT2D eigenvalue weighted by Crippen LogP contribution is -2.22. The molecule has 0 atom stereocenters. The zero-order chi connectivity index (χ0) is 9.03. The summed E-state index contributed by atoms with van der Waals surface area (Å²) in [5, 5.41) is 0. The quantitative estimate of drug-likeness (QED) is 0.686. The first-order valence-corrected chi connectivity index (χ1v) is 5.18. The summed E-state index contributed by atoms with van der Waals surface area (Å²) in [6.45, 7) is 5.36. The number of hydrogen-bond donors (Lipinski definition) is 1. The summed E-state index contributed by atoms with van der Waals surface area (Å²) in [6.07, 6.45) is 8.22. The van der Waals surface area contributed by atoms with Crippen LogP contribution in [0.5, 0.6) is 0 Å². The molecule has 1 aliphatic rings. The highest BCUT2D eigenvalue weighted by Crippen LogP contribution is 2.45.